The number of benzene rings is 1. The van der Waals surface area contributed by atoms with Gasteiger partial charge in [-0.2, -0.15) is 5.10 Å². The third-order valence-corrected chi connectivity index (χ3v) is 3.23. The first-order chi connectivity index (χ1) is 10.3. The molecule has 2 aromatic heterocycles. The van der Waals surface area contributed by atoms with E-state index in [0.717, 1.165) is 22.4 Å². The van der Waals surface area contributed by atoms with E-state index in [-0.39, 0.29) is 5.82 Å². The van der Waals surface area contributed by atoms with Crippen LogP contribution in [-0.4, -0.2) is 15.2 Å². The van der Waals surface area contributed by atoms with Crippen molar-refractivity contribution in [3.63, 3.8) is 0 Å². The average molecular weight is 282 g/mol. The van der Waals surface area contributed by atoms with Gasteiger partial charge in [0, 0.05) is 36.6 Å². The molecule has 2 N–H and O–H groups in total. The molecular formula is C16H15FN4. The summed E-state index contributed by atoms with van der Waals surface area (Å²) in [6, 6.07) is 10.4. The molecule has 5 heteroatoms. The van der Waals surface area contributed by atoms with Crippen LogP contribution in [0.5, 0.6) is 0 Å². The molecule has 0 atom stereocenters. The molecule has 0 fully saturated rings. The lowest BCUT2D eigenvalue weighted by molar-refractivity contribution is 0.625. The Labute approximate surface area is 122 Å². The van der Waals surface area contributed by atoms with Gasteiger partial charge in [-0.3, -0.25) is 10.1 Å². The number of hydrogen-bond donors (Lipinski definition) is 2. The molecular weight excluding hydrogens is 267 g/mol. The number of nitrogens with zero attached hydrogens (tertiary/aromatic N) is 2. The van der Waals surface area contributed by atoms with Crippen LogP contribution in [0, 0.1) is 5.82 Å². The molecule has 106 valence electrons. The zero-order chi connectivity index (χ0) is 14.5. The number of aromatic amines is 1. The van der Waals surface area contributed by atoms with Crippen LogP contribution in [0.4, 0.5) is 4.39 Å². The molecule has 0 amide bonds. The first-order valence-electron chi connectivity index (χ1n) is 6.71. The van der Waals surface area contributed by atoms with Crippen molar-refractivity contribution in [2.24, 2.45) is 0 Å². The number of aromatic nitrogens is 3. The highest BCUT2D eigenvalue weighted by Crippen LogP contribution is 2.19. The van der Waals surface area contributed by atoms with Gasteiger partial charge in [0.05, 0.1) is 11.9 Å². The smallest absolute Gasteiger partial charge is 0.123 e. The summed E-state index contributed by atoms with van der Waals surface area (Å²) in [7, 11) is 0. The summed E-state index contributed by atoms with van der Waals surface area (Å²) in [5.41, 5.74) is 4.09. The number of hydrogen-bond acceptors (Lipinski definition) is 3. The average Bonchev–Trinajstić information content (AvgIpc) is 2.99. The van der Waals surface area contributed by atoms with Crippen molar-refractivity contribution in [3.8, 4) is 11.3 Å². The second-order valence-electron chi connectivity index (χ2n) is 4.74. The van der Waals surface area contributed by atoms with E-state index in [0.29, 0.717) is 13.1 Å². The number of H-pyrrole nitrogens is 1. The Morgan fingerprint density at radius 1 is 1.05 bits per heavy atom. The highest BCUT2D eigenvalue weighted by Gasteiger charge is 2.07. The predicted molar refractivity (Wildman–Crippen MR) is 78.8 cm³/mol. The second-order valence-corrected chi connectivity index (χ2v) is 4.74. The van der Waals surface area contributed by atoms with E-state index >= 15 is 0 Å². The topological polar surface area (TPSA) is 53.6 Å². The third-order valence-electron chi connectivity index (χ3n) is 3.23. The Hall–Kier alpha value is -2.53. The largest absolute Gasteiger partial charge is 0.308 e. The van der Waals surface area contributed by atoms with Gasteiger partial charge >= 0.3 is 0 Å². The normalized spacial score (nSPS) is 10.7. The number of nitrogens with one attached hydrogen (secondary N) is 2. The minimum absolute atomic E-state index is 0.215. The first kappa shape index (κ1) is 13.5. The molecule has 1 aromatic carbocycles. The molecule has 0 aliphatic heterocycles. The summed E-state index contributed by atoms with van der Waals surface area (Å²) in [6.45, 7) is 1.36. The van der Waals surface area contributed by atoms with E-state index in [9.17, 15) is 4.39 Å². The maximum Gasteiger partial charge on any atom is 0.123 e. The highest BCUT2D eigenvalue weighted by atomic mass is 19.1. The van der Waals surface area contributed by atoms with Crippen molar-refractivity contribution in [1.29, 1.82) is 0 Å². The van der Waals surface area contributed by atoms with Gasteiger partial charge in [-0.15, -0.1) is 0 Å². The molecule has 3 aromatic rings. The van der Waals surface area contributed by atoms with Crippen molar-refractivity contribution in [3.05, 3.63) is 71.9 Å². The van der Waals surface area contributed by atoms with Gasteiger partial charge in [-0.05, 0) is 29.8 Å². The lowest BCUT2D eigenvalue weighted by atomic mass is 10.1. The van der Waals surface area contributed by atoms with Crippen LogP contribution in [0.15, 0.2) is 55.0 Å². The molecule has 0 aliphatic rings. The van der Waals surface area contributed by atoms with Crippen LogP contribution in [0.25, 0.3) is 11.3 Å². The van der Waals surface area contributed by atoms with Gasteiger partial charge in [0.2, 0.25) is 0 Å². The van der Waals surface area contributed by atoms with Crippen LogP contribution in [-0.2, 0) is 13.1 Å². The zero-order valence-corrected chi connectivity index (χ0v) is 11.4. The second kappa shape index (κ2) is 6.28. The quantitative estimate of drug-likeness (QED) is 0.756. The van der Waals surface area contributed by atoms with Gasteiger partial charge in [-0.1, -0.05) is 12.1 Å². The van der Waals surface area contributed by atoms with Crippen molar-refractivity contribution in [1.82, 2.24) is 20.5 Å². The molecule has 0 radical (unpaired) electrons. The summed E-state index contributed by atoms with van der Waals surface area (Å²) in [6.07, 6.45) is 5.35. The van der Waals surface area contributed by atoms with Crippen LogP contribution >= 0.6 is 0 Å². The summed E-state index contributed by atoms with van der Waals surface area (Å²) in [4.78, 5) is 4.11. The van der Waals surface area contributed by atoms with Crippen LogP contribution < -0.4 is 5.32 Å². The molecule has 2 heterocycles. The Morgan fingerprint density at radius 2 is 1.90 bits per heavy atom. The Morgan fingerprint density at radius 3 is 2.67 bits per heavy atom. The zero-order valence-electron chi connectivity index (χ0n) is 11.4. The van der Waals surface area contributed by atoms with E-state index in [1.165, 1.54) is 12.1 Å². The van der Waals surface area contributed by atoms with Crippen LogP contribution in [0.3, 0.4) is 0 Å². The van der Waals surface area contributed by atoms with Crippen LogP contribution in [0.1, 0.15) is 11.1 Å². The van der Waals surface area contributed by atoms with E-state index in [1.807, 2.05) is 12.1 Å². The van der Waals surface area contributed by atoms with Crippen LogP contribution in [0.2, 0.25) is 0 Å². The van der Waals surface area contributed by atoms with Gasteiger partial charge in [0.25, 0.3) is 0 Å². The van der Waals surface area contributed by atoms with Gasteiger partial charge in [0.15, 0.2) is 0 Å². The van der Waals surface area contributed by atoms with Gasteiger partial charge < -0.3 is 5.32 Å². The fourth-order valence-electron chi connectivity index (χ4n) is 2.15. The highest BCUT2D eigenvalue weighted by molar-refractivity contribution is 5.61. The Kier molecular flexibility index (Phi) is 4.02. The standard InChI is InChI=1S/C16H15FN4/c17-15-5-3-12(4-6-15)8-19-10-14-11-20-21-16(14)13-2-1-7-18-9-13/h1-7,9,11,19H,8,10H2,(H,20,21). The van der Waals surface area contributed by atoms with Crippen molar-refractivity contribution >= 4 is 0 Å². The summed E-state index contributed by atoms with van der Waals surface area (Å²) < 4.78 is 12.8. The minimum atomic E-state index is -0.215. The lowest BCUT2D eigenvalue weighted by Crippen LogP contribution is -2.12. The lowest BCUT2D eigenvalue weighted by Gasteiger charge is -2.06. The monoisotopic (exact) mass is 282 g/mol. The first-order valence-corrected chi connectivity index (χ1v) is 6.71. The molecule has 3 rings (SSSR count). The maximum absolute atomic E-state index is 12.8. The van der Waals surface area contributed by atoms with Gasteiger partial charge in [0.1, 0.15) is 5.82 Å². The minimum Gasteiger partial charge on any atom is -0.308 e. The Bertz CT molecular complexity index is 692. The predicted octanol–water partition coefficient (Wildman–Crippen LogP) is 2.90. The summed E-state index contributed by atoms with van der Waals surface area (Å²) in [5.74, 6) is -0.215. The molecule has 0 saturated carbocycles. The fourth-order valence-corrected chi connectivity index (χ4v) is 2.15. The third kappa shape index (κ3) is 3.32. The molecule has 0 aliphatic carbocycles. The summed E-state index contributed by atoms with van der Waals surface area (Å²) >= 11 is 0. The molecule has 4 nitrogen and oxygen atoms in total. The van der Waals surface area contributed by atoms with E-state index in [4.69, 9.17) is 0 Å². The van der Waals surface area contributed by atoms with Crippen molar-refractivity contribution < 1.29 is 4.39 Å². The van der Waals surface area contributed by atoms with E-state index < -0.39 is 0 Å². The molecule has 21 heavy (non-hydrogen) atoms. The van der Waals surface area contributed by atoms with Crippen molar-refractivity contribution in [2.75, 3.05) is 0 Å². The van der Waals surface area contributed by atoms with Gasteiger partial charge in [-0.25, -0.2) is 4.39 Å². The molecule has 0 bridgehead atoms. The maximum atomic E-state index is 12.8. The molecule has 0 unspecified atom stereocenters. The molecule has 0 spiro atoms. The number of rotatable bonds is 5. The fraction of sp³-hybridized carbons (Fsp3) is 0.125. The molecule has 0 saturated heterocycles. The number of halogens is 1. The Balaban J connectivity index is 1.64. The van der Waals surface area contributed by atoms with Crippen molar-refractivity contribution in [2.45, 2.75) is 13.1 Å². The summed E-state index contributed by atoms with van der Waals surface area (Å²) in [5, 5.41) is 10.4. The van der Waals surface area contributed by atoms with E-state index in [2.05, 4.69) is 20.5 Å². The number of pyridine rings is 1. The SMILES string of the molecule is Fc1ccc(CNCc2cn[nH]c2-c2cccnc2)cc1. The van der Waals surface area contributed by atoms with E-state index in [1.54, 1.807) is 30.7 Å².